The van der Waals surface area contributed by atoms with Gasteiger partial charge in [0.15, 0.2) is 0 Å². The molecule has 0 aromatic heterocycles. The molecule has 0 amide bonds. The molecule has 0 spiro atoms. The third kappa shape index (κ3) is 7.82. The zero-order valence-corrected chi connectivity index (χ0v) is 33.4. The molecule has 0 saturated carbocycles. The van der Waals surface area contributed by atoms with Gasteiger partial charge in [0.05, 0.1) is 42.2 Å². The summed E-state index contributed by atoms with van der Waals surface area (Å²) in [6, 6.07) is 39.7. The van der Waals surface area contributed by atoms with Gasteiger partial charge in [-0.15, -0.1) is 0 Å². The van der Waals surface area contributed by atoms with Crippen LogP contribution >= 0.6 is 0 Å². The Labute approximate surface area is 315 Å². The Morgan fingerprint density at radius 2 is 0.750 bits per heavy atom. The van der Waals surface area contributed by atoms with E-state index in [-0.39, 0.29) is 5.41 Å². The summed E-state index contributed by atoms with van der Waals surface area (Å²) in [5, 5.41) is 0. The van der Waals surface area contributed by atoms with Crippen LogP contribution in [0.25, 0.3) is 0 Å². The minimum absolute atomic E-state index is 0.0867. The molecule has 0 unspecified atom stereocenters. The smallest absolute Gasteiger partial charge is 0.144 e. The van der Waals surface area contributed by atoms with Gasteiger partial charge in [-0.05, 0) is 124 Å². The number of hydrogen-bond acceptors (Lipinski definition) is 4. The predicted molar refractivity (Wildman–Crippen MR) is 213 cm³/mol. The number of ether oxygens (including phenoxy) is 1. The highest BCUT2D eigenvalue weighted by molar-refractivity contribution is 7.85. The average molecular weight is 745 g/mol. The highest BCUT2D eigenvalue weighted by atomic mass is 32.2. The molecule has 0 atom stereocenters. The van der Waals surface area contributed by atoms with Crippen LogP contribution in [-0.2, 0) is 37.8 Å². The van der Waals surface area contributed by atoms with Crippen LogP contribution in [0.1, 0.15) is 58.4 Å². The van der Waals surface area contributed by atoms with Crippen LogP contribution in [0, 0.1) is 41.5 Å². The molecule has 0 N–H and O–H groups in total. The normalized spacial score (nSPS) is 13.9. The molecule has 0 fully saturated rings. The van der Waals surface area contributed by atoms with E-state index in [9.17, 15) is 12.6 Å². The third-order valence-electron chi connectivity index (χ3n) is 9.30. The highest BCUT2D eigenvalue weighted by Crippen LogP contribution is 2.44. The van der Waals surface area contributed by atoms with Crippen molar-refractivity contribution in [1.29, 1.82) is 0 Å². The quantitative estimate of drug-likeness (QED) is 0.177. The SMILES string of the molecule is Cc1ccc(S(=O)c2ccc(C)cc2)cc1.Cc1ccc2c(c1)C(C)(C)c1cc(C)ccc1S2=O.Cc1ccc2c(c1)Oc1cc(C)ccc1S2=O. The Morgan fingerprint density at radius 3 is 1.13 bits per heavy atom. The zero-order valence-electron chi connectivity index (χ0n) is 30.9. The van der Waals surface area contributed by atoms with E-state index in [0.717, 1.165) is 40.5 Å². The van der Waals surface area contributed by atoms with Crippen molar-refractivity contribution < 1.29 is 17.4 Å². The van der Waals surface area contributed by atoms with Gasteiger partial charge in [0.25, 0.3) is 0 Å². The van der Waals surface area contributed by atoms with Crippen molar-refractivity contribution >= 4 is 32.4 Å². The lowest BCUT2D eigenvalue weighted by atomic mass is 9.77. The first-order valence-electron chi connectivity index (χ1n) is 17.2. The summed E-state index contributed by atoms with van der Waals surface area (Å²) in [4.78, 5) is 5.15. The van der Waals surface area contributed by atoms with Crippen molar-refractivity contribution in [2.75, 3.05) is 0 Å². The Hall–Kier alpha value is -4.43. The van der Waals surface area contributed by atoms with E-state index in [0.29, 0.717) is 11.5 Å². The number of benzene rings is 6. The highest BCUT2D eigenvalue weighted by Gasteiger charge is 2.36. The van der Waals surface area contributed by atoms with Crippen LogP contribution in [0.2, 0.25) is 0 Å². The number of rotatable bonds is 2. The zero-order chi connectivity index (χ0) is 37.3. The van der Waals surface area contributed by atoms with Gasteiger partial charge in [-0.2, -0.15) is 0 Å². The van der Waals surface area contributed by atoms with Gasteiger partial charge in [-0.25, -0.2) is 12.6 Å². The lowest BCUT2D eigenvalue weighted by Gasteiger charge is -2.34. The molecule has 0 bridgehead atoms. The molecule has 0 saturated heterocycles. The van der Waals surface area contributed by atoms with Gasteiger partial charge in [-0.1, -0.05) is 96.8 Å². The number of fused-ring (bicyclic) bond motifs is 4. The average Bonchev–Trinajstić information content (AvgIpc) is 3.11. The Morgan fingerprint density at radius 1 is 0.442 bits per heavy atom. The van der Waals surface area contributed by atoms with Crippen molar-refractivity contribution in [2.24, 2.45) is 0 Å². The summed E-state index contributed by atoms with van der Waals surface area (Å²) >= 11 is 0. The van der Waals surface area contributed by atoms with Gasteiger partial charge in [-0.3, -0.25) is 0 Å². The number of hydrogen-bond donors (Lipinski definition) is 0. The van der Waals surface area contributed by atoms with E-state index in [2.05, 4.69) is 39.8 Å². The van der Waals surface area contributed by atoms with Crippen molar-refractivity contribution in [1.82, 2.24) is 0 Å². The molecule has 6 aromatic carbocycles. The summed E-state index contributed by atoms with van der Waals surface area (Å²) in [6.07, 6.45) is 0. The van der Waals surface area contributed by atoms with Gasteiger partial charge in [0, 0.05) is 25.0 Å². The van der Waals surface area contributed by atoms with Gasteiger partial charge >= 0.3 is 0 Å². The van der Waals surface area contributed by atoms with Crippen LogP contribution < -0.4 is 4.74 Å². The van der Waals surface area contributed by atoms with Crippen LogP contribution in [0.4, 0.5) is 0 Å². The van der Waals surface area contributed by atoms with Crippen molar-refractivity contribution in [3.8, 4) is 11.5 Å². The first kappa shape index (κ1) is 37.3. The molecule has 266 valence electrons. The fourth-order valence-corrected chi connectivity index (χ4v) is 10.1. The maximum Gasteiger partial charge on any atom is 0.144 e. The molecule has 2 heterocycles. The minimum atomic E-state index is -1.13. The van der Waals surface area contributed by atoms with E-state index in [1.807, 2.05) is 137 Å². The van der Waals surface area contributed by atoms with Crippen molar-refractivity contribution in [3.05, 3.63) is 166 Å². The molecule has 7 heteroatoms. The molecular formula is C45H44O4S3. The van der Waals surface area contributed by atoms with E-state index in [4.69, 9.17) is 4.74 Å². The standard InChI is InChI=1S/C17H18OS.C14H12O2S.C14H14OS/c1-11-5-7-15-13(9-11)17(3,4)14-10-12(2)6-8-16(14)19(15)18;1-9-3-5-13-11(7-9)16-12-8-10(2)4-6-14(12)17(13)15;1-11-3-7-13(8-4-11)16(15)14-9-5-12(2)6-10-14/h5-10H,1-4H3;3-8H,1-2H3;3-10H,1-2H3. The van der Waals surface area contributed by atoms with Crippen molar-refractivity contribution in [2.45, 2.75) is 90.2 Å². The first-order chi connectivity index (χ1) is 24.7. The Bertz CT molecular complexity index is 2200. The second-order valence-electron chi connectivity index (χ2n) is 14.1. The van der Waals surface area contributed by atoms with Crippen molar-refractivity contribution in [3.63, 3.8) is 0 Å². The molecule has 6 aromatic rings. The summed E-state index contributed by atoms with van der Waals surface area (Å²) in [7, 11) is -3.25. The fraction of sp³-hybridized carbons (Fsp3) is 0.200. The molecule has 2 aliphatic heterocycles. The Balaban J connectivity index is 0.000000134. The largest absolute Gasteiger partial charge is 0.455 e. The first-order valence-corrected chi connectivity index (χ1v) is 20.7. The van der Waals surface area contributed by atoms with E-state index < -0.39 is 32.4 Å². The lowest BCUT2D eigenvalue weighted by Crippen LogP contribution is -2.27. The summed E-state index contributed by atoms with van der Waals surface area (Å²) in [6.45, 7) is 16.7. The molecule has 2 aliphatic rings. The lowest BCUT2D eigenvalue weighted by molar-refractivity contribution is 0.449. The van der Waals surface area contributed by atoms with Crippen LogP contribution in [0.15, 0.2) is 151 Å². The molecule has 8 rings (SSSR count). The topological polar surface area (TPSA) is 60.4 Å². The third-order valence-corrected chi connectivity index (χ3v) is 13.7. The van der Waals surface area contributed by atoms with Gasteiger partial charge < -0.3 is 4.74 Å². The molecule has 0 aliphatic carbocycles. The Kier molecular flexibility index (Phi) is 11.0. The molecule has 4 nitrogen and oxygen atoms in total. The summed E-state index contributed by atoms with van der Waals surface area (Å²) < 4.78 is 43.1. The van der Waals surface area contributed by atoms with E-state index >= 15 is 0 Å². The summed E-state index contributed by atoms with van der Waals surface area (Å²) in [5.41, 5.74) is 9.34. The predicted octanol–water partition coefficient (Wildman–Crippen LogP) is 11.2. The molecule has 0 radical (unpaired) electrons. The fourth-order valence-electron chi connectivity index (χ4n) is 6.24. The van der Waals surface area contributed by atoms with Crippen LogP contribution in [-0.4, -0.2) is 12.6 Å². The minimum Gasteiger partial charge on any atom is -0.455 e. The molecular weight excluding hydrogens is 701 g/mol. The maximum absolute atomic E-state index is 12.7. The number of aryl methyl sites for hydroxylation is 6. The second kappa shape index (κ2) is 15.3. The molecule has 52 heavy (non-hydrogen) atoms. The summed E-state index contributed by atoms with van der Waals surface area (Å²) in [5.74, 6) is 1.42. The van der Waals surface area contributed by atoms with E-state index in [1.54, 1.807) is 0 Å². The van der Waals surface area contributed by atoms with Gasteiger partial charge in [0.1, 0.15) is 11.5 Å². The second-order valence-corrected chi connectivity index (χ2v) is 18.4. The monoisotopic (exact) mass is 744 g/mol. The van der Waals surface area contributed by atoms with E-state index in [1.165, 1.54) is 33.4 Å². The van der Waals surface area contributed by atoms with Crippen LogP contribution in [0.5, 0.6) is 11.5 Å². The van der Waals surface area contributed by atoms with Crippen LogP contribution in [0.3, 0.4) is 0 Å². The van der Waals surface area contributed by atoms with Gasteiger partial charge in [0.2, 0.25) is 0 Å². The maximum atomic E-state index is 12.7.